The highest BCUT2D eigenvalue weighted by molar-refractivity contribution is 14.1. The van der Waals surface area contributed by atoms with Gasteiger partial charge in [0.15, 0.2) is 0 Å². The van der Waals surface area contributed by atoms with Crippen LogP contribution in [0.25, 0.3) is 10.1 Å². The Balaban J connectivity index is 2.90. The Morgan fingerprint density at radius 3 is 2.85 bits per heavy atom. The van der Waals surface area contributed by atoms with Crippen LogP contribution >= 0.6 is 33.9 Å². The number of nitriles is 1. The van der Waals surface area contributed by atoms with Gasteiger partial charge in [-0.3, -0.25) is 0 Å². The van der Waals surface area contributed by atoms with Crippen molar-refractivity contribution >= 4 is 44.0 Å². The molecule has 0 aliphatic rings. The number of aryl methyl sites for hydroxylation is 1. The average molecular weight is 299 g/mol. The summed E-state index contributed by atoms with van der Waals surface area (Å²) in [6.45, 7) is 2.02. The monoisotopic (exact) mass is 299 g/mol. The molecule has 0 N–H and O–H groups in total. The van der Waals surface area contributed by atoms with Crippen molar-refractivity contribution in [2.75, 3.05) is 0 Å². The SMILES string of the molecule is Cc1cc(C#N)c2sc(I)cc2c1. The van der Waals surface area contributed by atoms with E-state index in [-0.39, 0.29) is 0 Å². The van der Waals surface area contributed by atoms with E-state index in [4.69, 9.17) is 5.26 Å². The molecule has 0 saturated heterocycles. The average Bonchev–Trinajstić information content (AvgIpc) is 2.43. The van der Waals surface area contributed by atoms with Crippen LogP contribution in [0.15, 0.2) is 18.2 Å². The molecule has 1 aromatic heterocycles. The van der Waals surface area contributed by atoms with Crippen molar-refractivity contribution in [3.05, 3.63) is 32.2 Å². The highest BCUT2D eigenvalue weighted by Gasteiger charge is 2.05. The van der Waals surface area contributed by atoms with Crippen molar-refractivity contribution in [3.8, 4) is 6.07 Å². The maximum atomic E-state index is 8.92. The number of thiophene rings is 1. The second-order valence-corrected chi connectivity index (χ2v) is 5.84. The molecule has 0 bridgehead atoms. The van der Waals surface area contributed by atoms with E-state index in [9.17, 15) is 0 Å². The van der Waals surface area contributed by atoms with E-state index in [0.717, 1.165) is 15.8 Å². The number of benzene rings is 1. The predicted molar refractivity (Wildman–Crippen MR) is 64.0 cm³/mol. The first-order chi connectivity index (χ1) is 6.20. The Morgan fingerprint density at radius 2 is 2.15 bits per heavy atom. The van der Waals surface area contributed by atoms with Crippen LogP contribution < -0.4 is 0 Å². The first-order valence-corrected chi connectivity index (χ1v) is 5.70. The summed E-state index contributed by atoms with van der Waals surface area (Å²) in [4.78, 5) is 0. The van der Waals surface area contributed by atoms with Crippen LogP contribution in [0, 0.1) is 21.1 Å². The molecule has 1 heterocycles. The quantitative estimate of drug-likeness (QED) is 0.681. The van der Waals surface area contributed by atoms with Gasteiger partial charge in [-0.05, 0) is 52.6 Å². The molecule has 0 unspecified atom stereocenters. The molecule has 1 aromatic carbocycles. The van der Waals surface area contributed by atoms with Gasteiger partial charge in [-0.1, -0.05) is 6.07 Å². The van der Waals surface area contributed by atoms with Crippen LogP contribution in [-0.2, 0) is 0 Å². The van der Waals surface area contributed by atoms with E-state index in [1.165, 1.54) is 8.27 Å². The summed E-state index contributed by atoms with van der Waals surface area (Å²) in [5.41, 5.74) is 1.95. The van der Waals surface area contributed by atoms with Crippen molar-refractivity contribution in [1.29, 1.82) is 5.26 Å². The zero-order valence-electron chi connectivity index (χ0n) is 6.97. The van der Waals surface area contributed by atoms with Gasteiger partial charge in [-0.2, -0.15) is 5.26 Å². The third kappa shape index (κ3) is 1.56. The molecular weight excluding hydrogens is 293 g/mol. The molecule has 1 nitrogen and oxygen atoms in total. The second-order valence-electron chi connectivity index (χ2n) is 2.89. The van der Waals surface area contributed by atoms with Crippen molar-refractivity contribution in [2.45, 2.75) is 6.92 Å². The van der Waals surface area contributed by atoms with Crippen LogP contribution in [0.2, 0.25) is 0 Å². The minimum atomic E-state index is 0.794. The molecule has 0 aliphatic heterocycles. The molecule has 0 amide bonds. The van der Waals surface area contributed by atoms with Crippen LogP contribution in [0.3, 0.4) is 0 Å². The Morgan fingerprint density at radius 1 is 1.38 bits per heavy atom. The molecule has 0 fully saturated rings. The van der Waals surface area contributed by atoms with Gasteiger partial charge < -0.3 is 0 Å². The number of hydrogen-bond acceptors (Lipinski definition) is 2. The molecule has 0 aliphatic carbocycles. The van der Waals surface area contributed by atoms with Gasteiger partial charge in [-0.15, -0.1) is 11.3 Å². The molecule has 2 rings (SSSR count). The summed E-state index contributed by atoms with van der Waals surface area (Å²) in [6, 6.07) is 8.41. The summed E-state index contributed by atoms with van der Waals surface area (Å²) < 4.78 is 2.34. The van der Waals surface area contributed by atoms with E-state index in [1.807, 2.05) is 13.0 Å². The third-order valence-electron chi connectivity index (χ3n) is 1.85. The standard InChI is InChI=1S/C10H6INS/c1-6-2-7-4-9(11)13-10(7)8(3-6)5-12/h2-4H,1H3. The summed E-state index contributed by atoms with van der Waals surface area (Å²) >= 11 is 3.96. The maximum Gasteiger partial charge on any atom is 0.101 e. The Hall–Kier alpha value is -0.600. The highest BCUT2D eigenvalue weighted by atomic mass is 127. The topological polar surface area (TPSA) is 23.8 Å². The van der Waals surface area contributed by atoms with E-state index < -0.39 is 0 Å². The molecule has 0 radical (unpaired) electrons. The first kappa shape index (κ1) is 8.97. The molecule has 2 aromatic rings. The number of fused-ring (bicyclic) bond motifs is 1. The molecule has 0 spiro atoms. The van der Waals surface area contributed by atoms with Gasteiger partial charge in [0.2, 0.25) is 0 Å². The van der Waals surface area contributed by atoms with Crippen LogP contribution in [-0.4, -0.2) is 0 Å². The normalized spacial score (nSPS) is 10.2. The lowest BCUT2D eigenvalue weighted by molar-refractivity contribution is 1.46. The fourth-order valence-electron chi connectivity index (χ4n) is 1.35. The fraction of sp³-hybridized carbons (Fsp3) is 0.100. The van der Waals surface area contributed by atoms with Crippen LogP contribution in [0.4, 0.5) is 0 Å². The van der Waals surface area contributed by atoms with Gasteiger partial charge in [0.25, 0.3) is 0 Å². The van der Waals surface area contributed by atoms with Gasteiger partial charge in [0, 0.05) is 0 Å². The van der Waals surface area contributed by atoms with E-state index in [1.54, 1.807) is 11.3 Å². The van der Waals surface area contributed by atoms with Crippen LogP contribution in [0.1, 0.15) is 11.1 Å². The molecule has 0 atom stereocenters. The summed E-state index contributed by atoms with van der Waals surface area (Å²) in [7, 11) is 0. The fourth-order valence-corrected chi connectivity index (χ4v) is 3.18. The van der Waals surface area contributed by atoms with Gasteiger partial charge in [0.1, 0.15) is 6.07 Å². The van der Waals surface area contributed by atoms with Crippen molar-refractivity contribution < 1.29 is 0 Å². The Bertz CT molecular complexity index is 507. The lowest BCUT2D eigenvalue weighted by Crippen LogP contribution is -1.77. The van der Waals surface area contributed by atoms with E-state index in [0.29, 0.717) is 0 Å². The lowest BCUT2D eigenvalue weighted by atomic mass is 10.1. The maximum absolute atomic E-state index is 8.92. The van der Waals surface area contributed by atoms with Gasteiger partial charge in [-0.25, -0.2) is 0 Å². The van der Waals surface area contributed by atoms with Crippen molar-refractivity contribution in [3.63, 3.8) is 0 Å². The molecule has 64 valence electrons. The Labute approximate surface area is 94.1 Å². The van der Waals surface area contributed by atoms with Gasteiger partial charge >= 0.3 is 0 Å². The molecule has 0 saturated carbocycles. The zero-order chi connectivity index (χ0) is 9.42. The predicted octanol–water partition coefficient (Wildman–Crippen LogP) is 3.69. The van der Waals surface area contributed by atoms with E-state index >= 15 is 0 Å². The van der Waals surface area contributed by atoms with Crippen molar-refractivity contribution in [2.24, 2.45) is 0 Å². The Kier molecular flexibility index (Phi) is 2.26. The highest BCUT2D eigenvalue weighted by Crippen LogP contribution is 2.30. The zero-order valence-corrected chi connectivity index (χ0v) is 9.94. The van der Waals surface area contributed by atoms with E-state index in [2.05, 4.69) is 40.8 Å². The van der Waals surface area contributed by atoms with Crippen molar-refractivity contribution in [1.82, 2.24) is 0 Å². The molecule has 13 heavy (non-hydrogen) atoms. The number of halogens is 1. The number of rotatable bonds is 0. The summed E-state index contributed by atoms with van der Waals surface area (Å²) in [5.74, 6) is 0. The lowest BCUT2D eigenvalue weighted by Gasteiger charge is -1.95. The summed E-state index contributed by atoms with van der Waals surface area (Å²) in [6.07, 6.45) is 0. The molecule has 3 heteroatoms. The smallest absolute Gasteiger partial charge is 0.101 e. The summed E-state index contributed by atoms with van der Waals surface area (Å²) in [5, 5.41) is 10.1. The minimum Gasteiger partial charge on any atom is -0.192 e. The number of hydrogen-bond donors (Lipinski definition) is 0. The van der Waals surface area contributed by atoms with Crippen LogP contribution in [0.5, 0.6) is 0 Å². The first-order valence-electron chi connectivity index (χ1n) is 3.80. The largest absolute Gasteiger partial charge is 0.192 e. The second kappa shape index (κ2) is 3.28. The molecular formula is C10H6INS. The number of nitrogens with zero attached hydrogens (tertiary/aromatic N) is 1. The van der Waals surface area contributed by atoms with Gasteiger partial charge in [0.05, 0.1) is 13.1 Å². The minimum absolute atomic E-state index is 0.794. The third-order valence-corrected chi connectivity index (χ3v) is 3.80.